The summed E-state index contributed by atoms with van der Waals surface area (Å²) < 4.78 is 0. The molecular formula is C16H24N2O. The summed E-state index contributed by atoms with van der Waals surface area (Å²) in [6.45, 7) is 2.06. The minimum absolute atomic E-state index is 0.0568. The molecular weight excluding hydrogens is 236 g/mol. The van der Waals surface area contributed by atoms with Crippen molar-refractivity contribution in [2.24, 2.45) is 11.7 Å². The number of carbonyl (C=O) groups is 1. The molecule has 0 aliphatic heterocycles. The zero-order valence-corrected chi connectivity index (χ0v) is 11.6. The molecule has 104 valence electrons. The smallest absolute Gasteiger partial charge is 0.221 e. The Kier molecular flexibility index (Phi) is 4.97. The van der Waals surface area contributed by atoms with Gasteiger partial charge in [-0.3, -0.25) is 4.79 Å². The van der Waals surface area contributed by atoms with Gasteiger partial charge in [0.1, 0.15) is 0 Å². The second kappa shape index (κ2) is 6.71. The highest BCUT2D eigenvalue weighted by Crippen LogP contribution is 2.32. The number of rotatable bonds is 7. The first-order chi connectivity index (χ1) is 9.15. The molecule has 3 heteroatoms. The van der Waals surface area contributed by atoms with Crippen LogP contribution in [0.4, 0.5) is 0 Å². The minimum Gasteiger partial charge on any atom is -0.354 e. The van der Waals surface area contributed by atoms with E-state index in [1.165, 1.54) is 18.4 Å². The van der Waals surface area contributed by atoms with Crippen molar-refractivity contribution in [1.82, 2.24) is 5.32 Å². The lowest BCUT2D eigenvalue weighted by Crippen LogP contribution is -2.37. The van der Waals surface area contributed by atoms with E-state index in [0.717, 1.165) is 12.8 Å². The Balaban J connectivity index is 1.65. The van der Waals surface area contributed by atoms with Gasteiger partial charge in [0.25, 0.3) is 0 Å². The highest BCUT2D eigenvalue weighted by atomic mass is 16.1. The highest BCUT2D eigenvalue weighted by Gasteiger charge is 2.29. The van der Waals surface area contributed by atoms with Crippen LogP contribution < -0.4 is 11.1 Å². The zero-order valence-electron chi connectivity index (χ0n) is 11.6. The van der Waals surface area contributed by atoms with E-state index in [1.54, 1.807) is 0 Å². The molecule has 1 aliphatic carbocycles. The van der Waals surface area contributed by atoms with Crippen LogP contribution in [0, 0.1) is 5.92 Å². The average molecular weight is 260 g/mol. The summed E-state index contributed by atoms with van der Waals surface area (Å²) >= 11 is 0. The van der Waals surface area contributed by atoms with Crippen LogP contribution in [-0.4, -0.2) is 18.0 Å². The van der Waals surface area contributed by atoms with Crippen molar-refractivity contribution in [3.05, 3.63) is 35.9 Å². The summed E-state index contributed by atoms with van der Waals surface area (Å²) in [5, 5.41) is 3.04. The third-order valence-corrected chi connectivity index (χ3v) is 3.76. The molecule has 0 spiro atoms. The predicted octanol–water partition coefficient (Wildman–Crippen LogP) is 2.25. The molecule has 2 unspecified atom stereocenters. The number of amides is 1. The van der Waals surface area contributed by atoms with Gasteiger partial charge in [0.05, 0.1) is 0 Å². The monoisotopic (exact) mass is 260 g/mol. The molecule has 0 saturated heterocycles. The fourth-order valence-electron chi connectivity index (χ4n) is 2.34. The van der Waals surface area contributed by atoms with E-state index in [1.807, 2.05) is 18.2 Å². The Labute approximate surface area is 115 Å². The quantitative estimate of drug-likeness (QED) is 0.790. The van der Waals surface area contributed by atoms with Crippen LogP contribution in [0.25, 0.3) is 0 Å². The van der Waals surface area contributed by atoms with Gasteiger partial charge in [-0.2, -0.15) is 0 Å². The number of carbonyl (C=O) groups excluding carboxylic acids is 1. The van der Waals surface area contributed by atoms with E-state index in [-0.39, 0.29) is 18.0 Å². The van der Waals surface area contributed by atoms with Crippen molar-refractivity contribution < 1.29 is 4.79 Å². The van der Waals surface area contributed by atoms with Crippen LogP contribution in [0.5, 0.6) is 0 Å². The second-order valence-corrected chi connectivity index (χ2v) is 5.70. The summed E-state index contributed by atoms with van der Waals surface area (Å²) in [6.07, 6.45) is 4.82. The number of benzene rings is 1. The van der Waals surface area contributed by atoms with E-state index in [0.29, 0.717) is 12.3 Å². The molecule has 1 amide bonds. The molecule has 1 aromatic rings. The summed E-state index contributed by atoms with van der Waals surface area (Å²) in [7, 11) is 0. The topological polar surface area (TPSA) is 55.1 Å². The summed E-state index contributed by atoms with van der Waals surface area (Å²) in [5.41, 5.74) is 7.28. The van der Waals surface area contributed by atoms with E-state index in [4.69, 9.17) is 5.73 Å². The maximum atomic E-state index is 11.8. The van der Waals surface area contributed by atoms with Crippen LogP contribution in [0.1, 0.15) is 38.2 Å². The normalized spacial score (nSPS) is 17.8. The second-order valence-electron chi connectivity index (χ2n) is 5.70. The molecule has 0 heterocycles. The zero-order chi connectivity index (χ0) is 13.7. The Morgan fingerprint density at radius 2 is 2.05 bits per heavy atom. The third-order valence-electron chi connectivity index (χ3n) is 3.76. The molecule has 1 aliphatic rings. The molecule has 1 fully saturated rings. The third kappa shape index (κ3) is 5.03. The first-order valence-corrected chi connectivity index (χ1v) is 7.24. The van der Waals surface area contributed by atoms with Crippen LogP contribution in [0.2, 0.25) is 0 Å². The van der Waals surface area contributed by atoms with Gasteiger partial charge in [-0.05, 0) is 44.1 Å². The van der Waals surface area contributed by atoms with Gasteiger partial charge in [-0.15, -0.1) is 0 Å². The largest absolute Gasteiger partial charge is 0.354 e. The summed E-state index contributed by atoms with van der Waals surface area (Å²) in [5.74, 6) is 0.685. The van der Waals surface area contributed by atoms with Crippen molar-refractivity contribution >= 4 is 5.91 Å². The lowest BCUT2D eigenvalue weighted by atomic mass is 10.1. The van der Waals surface area contributed by atoms with Crippen molar-refractivity contribution in [3.63, 3.8) is 0 Å². The first kappa shape index (κ1) is 14.1. The number of hydrogen-bond acceptors (Lipinski definition) is 2. The molecule has 1 aromatic carbocycles. The Hall–Kier alpha value is -1.35. The maximum Gasteiger partial charge on any atom is 0.221 e. The Morgan fingerprint density at radius 1 is 1.37 bits per heavy atom. The van der Waals surface area contributed by atoms with E-state index < -0.39 is 0 Å². The Morgan fingerprint density at radius 3 is 2.68 bits per heavy atom. The van der Waals surface area contributed by atoms with Gasteiger partial charge in [0.15, 0.2) is 0 Å². The van der Waals surface area contributed by atoms with Gasteiger partial charge < -0.3 is 11.1 Å². The van der Waals surface area contributed by atoms with Crippen molar-refractivity contribution in [1.29, 1.82) is 0 Å². The van der Waals surface area contributed by atoms with E-state index in [2.05, 4.69) is 24.4 Å². The molecule has 3 nitrogen and oxygen atoms in total. The number of hydrogen-bond donors (Lipinski definition) is 2. The molecule has 0 aromatic heterocycles. The summed E-state index contributed by atoms with van der Waals surface area (Å²) in [4.78, 5) is 11.8. The predicted molar refractivity (Wildman–Crippen MR) is 77.7 cm³/mol. The standard InChI is InChI=1S/C16H24N2O/c1-12(7-8-13-5-3-2-4-6-13)18-16(19)11-15(17)14-9-10-14/h2-6,12,14-15H,7-11,17H2,1H3,(H,18,19). The van der Waals surface area contributed by atoms with Gasteiger partial charge >= 0.3 is 0 Å². The lowest BCUT2D eigenvalue weighted by molar-refractivity contribution is -0.122. The Bertz CT molecular complexity index is 400. The maximum absolute atomic E-state index is 11.8. The summed E-state index contributed by atoms with van der Waals surface area (Å²) in [6, 6.07) is 10.6. The fraction of sp³-hybridized carbons (Fsp3) is 0.562. The van der Waals surface area contributed by atoms with Crippen molar-refractivity contribution in [2.45, 2.75) is 51.1 Å². The number of aryl methyl sites for hydroxylation is 1. The highest BCUT2D eigenvalue weighted by molar-refractivity contribution is 5.76. The number of nitrogens with two attached hydrogens (primary N) is 1. The molecule has 0 radical (unpaired) electrons. The molecule has 19 heavy (non-hydrogen) atoms. The van der Waals surface area contributed by atoms with E-state index in [9.17, 15) is 4.79 Å². The van der Waals surface area contributed by atoms with Crippen LogP contribution in [-0.2, 0) is 11.2 Å². The van der Waals surface area contributed by atoms with Gasteiger partial charge in [0.2, 0.25) is 5.91 Å². The van der Waals surface area contributed by atoms with E-state index >= 15 is 0 Å². The van der Waals surface area contributed by atoms with Crippen LogP contribution in [0.3, 0.4) is 0 Å². The van der Waals surface area contributed by atoms with Crippen LogP contribution in [0.15, 0.2) is 30.3 Å². The molecule has 0 bridgehead atoms. The van der Waals surface area contributed by atoms with Gasteiger partial charge in [-0.25, -0.2) is 0 Å². The lowest BCUT2D eigenvalue weighted by Gasteiger charge is -2.16. The van der Waals surface area contributed by atoms with Crippen LogP contribution >= 0.6 is 0 Å². The molecule has 2 rings (SSSR count). The first-order valence-electron chi connectivity index (χ1n) is 7.24. The SMILES string of the molecule is CC(CCc1ccccc1)NC(=O)CC(N)C1CC1. The minimum atomic E-state index is 0.0568. The van der Waals surface area contributed by atoms with Crippen molar-refractivity contribution in [2.75, 3.05) is 0 Å². The molecule has 3 N–H and O–H groups in total. The average Bonchev–Trinajstić information content (AvgIpc) is 3.21. The van der Waals surface area contributed by atoms with Gasteiger partial charge in [0, 0.05) is 18.5 Å². The fourth-order valence-corrected chi connectivity index (χ4v) is 2.34. The van der Waals surface area contributed by atoms with Gasteiger partial charge in [-0.1, -0.05) is 30.3 Å². The molecule has 1 saturated carbocycles. The van der Waals surface area contributed by atoms with Crippen molar-refractivity contribution in [3.8, 4) is 0 Å². The number of nitrogens with one attached hydrogen (secondary N) is 1. The molecule has 2 atom stereocenters.